The van der Waals surface area contributed by atoms with Crippen molar-refractivity contribution in [2.75, 3.05) is 11.3 Å². The Bertz CT molecular complexity index is 1090. The lowest BCUT2D eigenvalue weighted by molar-refractivity contribution is 0.0520. The zero-order valence-electron chi connectivity index (χ0n) is 14.2. The Morgan fingerprint density at radius 2 is 2.00 bits per heavy atom. The van der Waals surface area contributed by atoms with Crippen LogP contribution in [-0.4, -0.2) is 26.0 Å². The van der Waals surface area contributed by atoms with Gasteiger partial charge in [-0.1, -0.05) is 17.7 Å². The van der Waals surface area contributed by atoms with Crippen LogP contribution < -0.4 is 4.72 Å². The first-order valence-corrected chi connectivity index (χ1v) is 9.76. The Balaban J connectivity index is 1.93. The molecule has 2 N–H and O–H groups in total. The molecule has 0 unspecified atom stereocenters. The fourth-order valence-electron chi connectivity index (χ4n) is 2.60. The van der Waals surface area contributed by atoms with Gasteiger partial charge in [0.15, 0.2) is 0 Å². The summed E-state index contributed by atoms with van der Waals surface area (Å²) in [6, 6.07) is 11.3. The van der Waals surface area contributed by atoms with Crippen molar-refractivity contribution in [2.24, 2.45) is 0 Å². The van der Waals surface area contributed by atoms with Gasteiger partial charge < -0.3 is 9.72 Å². The molecule has 6 nitrogen and oxygen atoms in total. The molecule has 0 aliphatic carbocycles. The summed E-state index contributed by atoms with van der Waals surface area (Å²) in [7, 11) is -3.79. The van der Waals surface area contributed by atoms with Gasteiger partial charge in [-0.15, -0.1) is 0 Å². The number of aromatic amines is 1. The molecule has 0 radical (unpaired) electrons. The number of anilines is 1. The number of ether oxygens (including phenoxy) is 1. The van der Waals surface area contributed by atoms with E-state index < -0.39 is 16.0 Å². The van der Waals surface area contributed by atoms with E-state index in [0.29, 0.717) is 32.9 Å². The standard InChI is InChI=1S/C18H17ClN2O4S/c1-3-25-18(22)16-10-12-9-13(7-8-15(12)20-16)21-26(23,24)17-6-4-5-14(19)11(17)2/h4-10,20-21H,3H2,1-2H3. The average Bonchev–Trinajstić information content (AvgIpc) is 3.00. The predicted molar refractivity (Wildman–Crippen MR) is 101 cm³/mol. The molecule has 2 aromatic carbocycles. The third-order valence-corrected chi connectivity index (χ3v) is 5.81. The highest BCUT2D eigenvalue weighted by atomic mass is 35.5. The number of rotatable bonds is 5. The summed E-state index contributed by atoms with van der Waals surface area (Å²) in [5.41, 5.74) is 1.88. The van der Waals surface area contributed by atoms with Crippen LogP contribution in [0.25, 0.3) is 10.9 Å². The van der Waals surface area contributed by atoms with E-state index in [4.69, 9.17) is 16.3 Å². The smallest absolute Gasteiger partial charge is 0.354 e. The number of aromatic nitrogens is 1. The number of halogens is 1. The van der Waals surface area contributed by atoms with Crippen LogP contribution in [0, 0.1) is 6.92 Å². The van der Waals surface area contributed by atoms with Gasteiger partial charge in [0, 0.05) is 21.6 Å². The van der Waals surface area contributed by atoms with E-state index in [9.17, 15) is 13.2 Å². The lowest BCUT2D eigenvalue weighted by atomic mass is 10.2. The van der Waals surface area contributed by atoms with Gasteiger partial charge in [-0.05, 0) is 55.8 Å². The summed E-state index contributed by atoms with van der Waals surface area (Å²) in [6.07, 6.45) is 0. The quantitative estimate of drug-likeness (QED) is 0.639. The lowest BCUT2D eigenvalue weighted by Gasteiger charge is -2.11. The van der Waals surface area contributed by atoms with E-state index in [1.165, 1.54) is 6.07 Å². The van der Waals surface area contributed by atoms with Gasteiger partial charge in [0.05, 0.1) is 11.5 Å². The molecular weight excluding hydrogens is 376 g/mol. The molecule has 26 heavy (non-hydrogen) atoms. The van der Waals surface area contributed by atoms with Crippen LogP contribution >= 0.6 is 11.6 Å². The first-order chi connectivity index (χ1) is 12.3. The fraction of sp³-hybridized carbons (Fsp3) is 0.167. The van der Waals surface area contributed by atoms with Crippen LogP contribution in [0.4, 0.5) is 5.69 Å². The maximum Gasteiger partial charge on any atom is 0.354 e. The first-order valence-electron chi connectivity index (χ1n) is 7.89. The molecule has 136 valence electrons. The van der Waals surface area contributed by atoms with Gasteiger partial charge >= 0.3 is 5.97 Å². The number of fused-ring (bicyclic) bond motifs is 1. The van der Waals surface area contributed by atoms with Gasteiger partial charge in [-0.3, -0.25) is 4.72 Å². The Morgan fingerprint density at radius 3 is 2.73 bits per heavy atom. The zero-order chi connectivity index (χ0) is 18.9. The van der Waals surface area contributed by atoms with Crippen molar-refractivity contribution in [3.8, 4) is 0 Å². The molecule has 0 aliphatic heterocycles. The van der Waals surface area contributed by atoms with Gasteiger partial charge in [0.25, 0.3) is 10.0 Å². The summed E-state index contributed by atoms with van der Waals surface area (Å²) in [4.78, 5) is 14.9. The molecule has 0 aliphatic rings. The third-order valence-electron chi connectivity index (χ3n) is 3.88. The number of carbonyl (C=O) groups excluding carboxylic acids is 1. The van der Waals surface area contributed by atoms with Crippen molar-refractivity contribution < 1.29 is 17.9 Å². The molecule has 1 aromatic heterocycles. The van der Waals surface area contributed by atoms with Crippen molar-refractivity contribution in [2.45, 2.75) is 18.7 Å². The van der Waals surface area contributed by atoms with Gasteiger partial charge in [0.2, 0.25) is 0 Å². The zero-order valence-corrected chi connectivity index (χ0v) is 15.7. The number of sulfonamides is 1. The number of hydrogen-bond acceptors (Lipinski definition) is 4. The van der Waals surface area contributed by atoms with Crippen molar-refractivity contribution >= 4 is 44.2 Å². The van der Waals surface area contributed by atoms with E-state index in [1.807, 2.05) is 0 Å². The molecule has 0 bridgehead atoms. The van der Waals surface area contributed by atoms with E-state index in [1.54, 1.807) is 50.2 Å². The molecule has 0 saturated carbocycles. The monoisotopic (exact) mass is 392 g/mol. The molecule has 0 fully saturated rings. The normalized spacial score (nSPS) is 11.5. The summed E-state index contributed by atoms with van der Waals surface area (Å²) >= 11 is 6.02. The molecule has 0 atom stereocenters. The van der Waals surface area contributed by atoms with Crippen LogP contribution in [0.15, 0.2) is 47.4 Å². The number of carbonyl (C=O) groups is 1. The lowest BCUT2D eigenvalue weighted by Crippen LogP contribution is -2.14. The number of hydrogen-bond donors (Lipinski definition) is 2. The first kappa shape index (κ1) is 18.3. The Kier molecular flexibility index (Phi) is 4.93. The summed E-state index contributed by atoms with van der Waals surface area (Å²) < 4.78 is 32.8. The predicted octanol–water partition coefficient (Wildman–Crippen LogP) is 4.11. The average molecular weight is 393 g/mol. The second-order valence-corrected chi connectivity index (χ2v) is 7.73. The van der Waals surface area contributed by atoms with E-state index in [2.05, 4.69) is 9.71 Å². The summed E-state index contributed by atoms with van der Waals surface area (Å²) in [5, 5.41) is 1.07. The second kappa shape index (κ2) is 7.01. The minimum Gasteiger partial charge on any atom is -0.461 e. The Labute approximate surface area is 156 Å². The highest BCUT2D eigenvalue weighted by molar-refractivity contribution is 7.92. The van der Waals surface area contributed by atoms with E-state index in [0.717, 1.165) is 0 Å². The largest absolute Gasteiger partial charge is 0.461 e. The molecular formula is C18H17ClN2O4S. The van der Waals surface area contributed by atoms with Gasteiger partial charge in [0.1, 0.15) is 5.69 Å². The van der Waals surface area contributed by atoms with Crippen molar-refractivity contribution in [1.29, 1.82) is 0 Å². The molecule has 0 spiro atoms. The number of H-pyrrole nitrogens is 1. The van der Waals surface area contributed by atoms with Crippen molar-refractivity contribution in [3.63, 3.8) is 0 Å². The van der Waals surface area contributed by atoms with Crippen LogP contribution in [0.1, 0.15) is 23.0 Å². The molecule has 0 saturated heterocycles. The van der Waals surface area contributed by atoms with Gasteiger partial charge in [-0.25, -0.2) is 13.2 Å². The van der Waals surface area contributed by atoms with E-state index >= 15 is 0 Å². The van der Waals surface area contributed by atoms with Crippen molar-refractivity contribution in [1.82, 2.24) is 4.98 Å². The summed E-state index contributed by atoms with van der Waals surface area (Å²) in [6.45, 7) is 3.65. The molecule has 0 amide bonds. The minimum absolute atomic E-state index is 0.117. The fourth-order valence-corrected chi connectivity index (χ4v) is 4.15. The minimum atomic E-state index is -3.79. The molecule has 8 heteroatoms. The van der Waals surface area contributed by atoms with Crippen LogP contribution in [-0.2, 0) is 14.8 Å². The van der Waals surface area contributed by atoms with Crippen LogP contribution in [0.2, 0.25) is 5.02 Å². The van der Waals surface area contributed by atoms with Gasteiger partial charge in [-0.2, -0.15) is 0 Å². The van der Waals surface area contributed by atoms with Crippen LogP contribution in [0.3, 0.4) is 0 Å². The summed E-state index contributed by atoms with van der Waals surface area (Å²) in [5.74, 6) is -0.458. The van der Waals surface area contributed by atoms with Crippen LogP contribution in [0.5, 0.6) is 0 Å². The molecule has 3 aromatic rings. The number of benzene rings is 2. The number of nitrogens with one attached hydrogen (secondary N) is 2. The SMILES string of the molecule is CCOC(=O)c1cc2cc(NS(=O)(=O)c3cccc(Cl)c3C)ccc2[nH]1. The number of esters is 1. The highest BCUT2D eigenvalue weighted by Gasteiger charge is 2.19. The molecule has 3 rings (SSSR count). The Morgan fingerprint density at radius 1 is 1.23 bits per heavy atom. The third kappa shape index (κ3) is 3.54. The topological polar surface area (TPSA) is 88.3 Å². The Hall–Kier alpha value is -2.51. The maximum atomic E-state index is 12.7. The molecule has 1 heterocycles. The highest BCUT2D eigenvalue weighted by Crippen LogP contribution is 2.26. The van der Waals surface area contributed by atoms with E-state index in [-0.39, 0.29) is 11.5 Å². The maximum absolute atomic E-state index is 12.7. The van der Waals surface area contributed by atoms with Crippen molar-refractivity contribution in [3.05, 3.63) is 58.7 Å². The second-order valence-electron chi connectivity index (χ2n) is 5.67.